The highest BCUT2D eigenvalue weighted by Crippen LogP contribution is 2.23. The van der Waals surface area contributed by atoms with Gasteiger partial charge in [0.05, 0.1) is 5.88 Å². The number of aliphatic carboxylic acids is 1. The van der Waals surface area contributed by atoms with E-state index < -0.39 is 12.0 Å². The van der Waals surface area contributed by atoms with Gasteiger partial charge in [0.15, 0.2) is 0 Å². The minimum Gasteiger partial charge on any atom is -0.481 e. The van der Waals surface area contributed by atoms with Gasteiger partial charge in [-0.05, 0) is 6.42 Å². The van der Waals surface area contributed by atoms with Crippen molar-refractivity contribution >= 4 is 29.5 Å². The molecule has 0 spiro atoms. The summed E-state index contributed by atoms with van der Waals surface area (Å²) in [6, 6.07) is -0.396. The quantitative estimate of drug-likeness (QED) is 0.775. The summed E-state index contributed by atoms with van der Waals surface area (Å²) in [6.45, 7) is 2.18. The molecule has 0 aliphatic carbocycles. The highest BCUT2D eigenvalue weighted by Gasteiger charge is 2.35. The Kier molecular flexibility index (Phi) is 6.14. The Labute approximate surface area is 117 Å². The number of carbonyl (C=O) groups is 3. The number of carboxylic acid groups (broad SMARTS) is 1. The Morgan fingerprint density at radius 1 is 1.42 bits per heavy atom. The molecular formula is C12H20N2O4S. The van der Waals surface area contributed by atoms with Crippen molar-refractivity contribution in [2.75, 3.05) is 25.2 Å². The standard InChI is InChI=1S/C12H20N2O4S/c1-3-10(15)14-8-19-7-9(14)12(18)13(2)6-4-5-11(16)17/h9H,3-8H2,1-2H3,(H,16,17). The number of rotatable bonds is 6. The smallest absolute Gasteiger partial charge is 0.303 e. The Bertz CT molecular complexity index is 362. The van der Waals surface area contributed by atoms with Crippen LogP contribution in [0.25, 0.3) is 0 Å². The topological polar surface area (TPSA) is 77.9 Å². The molecule has 108 valence electrons. The average Bonchev–Trinajstić information content (AvgIpc) is 2.85. The molecule has 1 aliphatic heterocycles. The van der Waals surface area contributed by atoms with Crippen LogP contribution in [0.2, 0.25) is 0 Å². The number of thioether (sulfide) groups is 1. The van der Waals surface area contributed by atoms with Crippen LogP contribution in [-0.4, -0.2) is 64.0 Å². The summed E-state index contributed by atoms with van der Waals surface area (Å²) in [5.74, 6) is 0.208. The minimum atomic E-state index is -0.861. The molecule has 1 unspecified atom stereocenters. The summed E-state index contributed by atoms with van der Waals surface area (Å²) in [7, 11) is 1.65. The van der Waals surface area contributed by atoms with E-state index in [1.54, 1.807) is 30.6 Å². The van der Waals surface area contributed by atoms with Gasteiger partial charge in [0.2, 0.25) is 11.8 Å². The van der Waals surface area contributed by atoms with E-state index in [2.05, 4.69) is 0 Å². The van der Waals surface area contributed by atoms with Crippen molar-refractivity contribution in [3.63, 3.8) is 0 Å². The van der Waals surface area contributed by atoms with Gasteiger partial charge in [-0.2, -0.15) is 0 Å². The average molecular weight is 288 g/mol. The molecule has 19 heavy (non-hydrogen) atoms. The van der Waals surface area contributed by atoms with Crippen LogP contribution in [0, 0.1) is 0 Å². The van der Waals surface area contributed by atoms with Crippen molar-refractivity contribution in [2.24, 2.45) is 0 Å². The van der Waals surface area contributed by atoms with Crippen LogP contribution < -0.4 is 0 Å². The van der Waals surface area contributed by atoms with Gasteiger partial charge >= 0.3 is 5.97 Å². The monoisotopic (exact) mass is 288 g/mol. The van der Waals surface area contributed by atoms with Crippen LogP contribution in [0.15, 0.2) is 0 Å². The molecule has 1 saturated heterocycles. The molecule has 1 aliphatic rings. The van der Waals surface area contributed by atoms with Crippen molar-refractivity contribution in [1.29, 1.82) is 0 Å². The third kappa shape index (κ3) is 4.41. The summed E-state index contributed by atoms with van der Waals surface area (Å²) in [5.41, 5.74) is 0. The molecule has 0 bridgehead atoms. The van der Waals surface area contributed by atoms with Crippen LogP contribution in [0.5, 0.6) is 0 Å². The second-order valence-corrected chi connectivity index (χ2v) is 5.49. The summed E-state index contributed by atoms with van der Waals surface area (Å²) >= 11 is 1.57. The molecule has 0 aromatic carbocycles. The van der Waals surface area contributed by atoms with E-state index in [0.29, 0.717) is 31.0 Å². The summed E-state index contributed by atoms with van der Waals surface area (Å²) < 4.78 is 0. The molecule has 2 amide bonds. The lowest BCUT2D eigenvalue weighted by Gasteiger charge is -2.27. The van der Waals surface area contributed by atoms with Gasteiger partial charge in [0.25, 0.3) is 0 Å². The number of nitrogens with zero attached hydrogens (tertiary/aromatic N) is 2. The van der Waals surface area contributed by atoms with E-state index in [0.717, 1.165) is 0 Å². The third-order valence-electron chi connectivity index (χ3n) is 3.05. The second kappa shape index (κ2) is 7.37. The lowest BCUT2D eigenvalue weighted by atomic mass is 10.2. The zero-order valence-electron chi connectivity index (χ0n) is 11.3. The van der Waals surface area contributed by atoms with E-state index in [1.807, 2.05) is 0 Å². The summed E-state index contributed by atoms with van der Waals surface area (Å²) in [5, 5.41) is 8.56. The lowest BCUT2D eigenvalue weighted by Crippen LogP contribution is -2.47. The zero-order chi connectivity index (χ0) is 14.4. The highest BCUT2D eigenvalue weighted by molar-refractivity contribution is 7.99. The van der Waals surface area contributed by atoms with E-state index in [1.165, 1.54) is 4.90 Å². The van der Waals surface area contributed by atoms with Crippen molar-refractivity contribution in [3.8, 4) is 0 Å². The Balaban J connectivity index is 2.51. The highest BCUT2D eigenvalue weighted by atomic mass is 32.2. The SMILES string of the molecule is CCC(=O)N1CSCC1C(=O)N(C)CCCC(=O)O. The Morgan fingerprint density at radius 3 is 2.68 bits per heavy atom. The fraction of sp³-hybridized carbons (Fsp3) is 0.750. The normalized spacial score (nSPS) is 18.4. The lowest BCUT2D eigenvalue weighted by molar-refractivity contribution is -0.142. The van der Waals surface area contributed by atoms with Gasteiger partial charge in [-0.3, -0.25) is 14.4 Å². The largest absolute Gasteiger partial charge is 0.481 e. The van der Waals surface area contributed by atoms with Crippen molar-refractivity contribution < 1.29 is 19.5 Å². The fourth-order valence-electron chi connectivity index (χ4n) is 1.93. The molecule has 7 heteroatoms. The predicted molar refractivity (Wildman–Crippen MR) is 72.8 cm³/mol. The number of carboxylic acids is 1. The van der Waals surface area contributed by atoms with Crippen LogP contribution >= 0.6 is 11.8 Å². The molecule has 1 heterocycles. The number of hydrogen-bond donors (Lipinski definition) is 1. The molecular weight excluding hydrogens is 268 g/mol. The van der Waals surface area contributed by atoms with E-state index in [9.17, 15) is 14.4 Å². The molecule has 1 fully saturated rings. The van der Waals surface area contributed by atoms with Gasteiger partial charge in [-0.15, -0.1) is 11.8 Å². The Morgan fingerprint density at radius 2 is 2.11 bits per heavy atom. The molecule has 1 rings (SSSR count). The molecule has 6 nitrogen and oxygen atoms in total. The molecule has 0 aromatic rings. The summed E-state index contributed by atoms with van der Waals surface area (Å²) in [6.07, 6.45) is 0.876. The van der Waals surface area contributed by atoms with Crippen molar-refractivity contribution in [1.82, 2.24) is 9.80 Å². The number of hydrogen-bond acceptors (Lipinski definition) is 4. The van der Waals surface area contributed by atoms with Gasteiger partial charge in [0.1, 0.15) is 6.04 Å². The maximum absolute atomic E-state index is 12.2. The molecule has 1 N–H and O–H groups in total. The number of likely N-dealkylation sites (N-methyl/N-ethyl adjacent to an activating group) is 1. The second-order valence-electron chi connectivity index (χ2n) is 4.49. The first-order chi connectivity index (χ1) is 8.97. The molecule has 1 atom stereocenters. The van der Waals surface area contributed by atoms with Crippen molar-refractivity contribution in [3.05, 3.63) is 0 Å². The van der Waals surface area contributed by atoms with Gasteiger partial charge in [0, 0.05) is 32.2 Å². The van der Waals surface area contributed by atoms with Crippen LogP contribution in [0.4, 0.5) is 0 Å². The molecule has 0 saturated carbocycles. The van der Waals surface area contributed by atoms with E-state index >= 15 is 0 Å². The number of amides is 2. The van der Waals surface area contributed by atoms with Crippen molar-refractivity contribution in [2.45, 2.75) is 32.2 Å². The third-order valence-corrected chi connectivity index (χ3v) is 4.06. The van der Waals surface area contributed by atoms with E-state index in [4.69, 9.17) is 5.11 Å². The maximum Gasteiger partial charge on any atom is 0.303 e. The van der Waals surface area contributed by atoms with Gasteiger partial charge in [-0.1, -0.05) is 6.92 Å². The van der Waals surface area contributed by atoms with Crippen LogP contribution in [0.1, 0.15) is 26.2 Å². The number of carbonyl (C=O) groups excluding carboxylic acids is 2. The first-order valence-electron chi connectivity index (χ1n) is 6.31. The maximum atomic E-state index is 12.2. The summed E-state index contributed by atoms with van der Waals surface area (Å²) in [4.78, 5) is 37.5. The zero-order valence-corrected chi connectivity index (χ0v) is 12.1. The molecule has 0 aromatic heterocycles. The first-order valence-corrected chi connectivity index (χ1v) is 7.46. The first kappa shape index (κ1) is 15.8. The fourth-order valence-corrected chi connectivity index (χ4v) is 3.10. The van der Waals surface area contributed by atoms with Crippen LogP contribution in [-0.2, 0) is 14.4 Å². The van der Waals surface area contributed by atoms with Gasteiger partial charge < -0.3 is 14.9 Å². The van der Waals surface area contributed by atoms with Gasteiger partial charge in [-0.25, -0.2) is 0 Å². The predicted octanol–water partition coefficient (Wildman–Crippen LogP) is 0.621. The minimum absolute atomic E-state index is 0.0118. The van der Waals surface area contributed by atoms with E-state index in [-0.39, 0.29) is 18.2 Å². The van der Waals surface area contributed by atoms with Crippen LogP contribution in [0.3, 0.4) is 0 Å². The Hall–Kier alpha value is -1.24. The molecule has 0 radical (unpaired) electrons.